The number of alkyl halides is 2. The van der Waals surface area contributed by atoms with E-state index in [1.54, 1.807) is 12.1 Å². The minimum Gasteiger partial charge on any atom is -0.352 e. The molecule has 1 fully saturated rings. The first-order valence-electron chi connectivity index (χ1n) is 6.94. The number of benzene rings is 1. The molecule has 1 aliphatic rings. The number of carbonyl (C=O) groups excluding carboxylic acids is 1. The second-order valence-corrected chi connectivity index (χ2v) is 5.46. The van der Waals surface area contributed by atoms with Gasteiger partial charge in [-0.2, -0.15) is 0 Å². The van der Waals surface area contributed by atoms with Crippen LogP contribution in [0.5, 0.6) is 0 Å². The van der Waals surface area contributed by atoms with E-state index in [-0.39, 0.29) is 17.5 Å². The molecule has 3 nitrogen and oxygen atoms in total. The molecule has 0 aliphatic heterocycles. The number of nitrogens with one attached hydrogen (secondary N) is 1. The smallest absolute Gasteiger partial charge is 0.263 e. The molecule has 1 aromatic rings. The van der Waals surface area contributed by atoms with Crippen molar-refractivity contribution < 1.29 is 13.6 Å². The Morgan fingerprint density at radius 2 is 2.00 bits per heavy atom. The molecule has 1 saturated carbocycles. The predicted molar refractivity (Wildman–Crippen MR) is 73.2 cm³/mol. The van der Waals surface area contributed by atoms with Gasteiger partial charge in [0.1, 0.15) is 0 Å². The molecule has 5 heteroatoms. The summed E-state index contributed by atoms with van der Waals surface area (Å²) in [7, 11) is 0. The molecule has 110 valence electrons. The Labute approximate surface area is 117 Å². The third kappa shape index (κ3) is 4.27. The van der Waals surface area contributed by atoms with Crippen LogP contribution >= 0.6 is 0 Å². The summed E-state index contributed by atoms with van der Waals surface area (Å²) in [6, 6.07) is 6.25. The summed E-state index contributed by atoms with van der Waals surface area (Å²) in [4.78, 5) is 11.8. The molecular formula is C15H20F2N2O. The van der Waals surface area contributed by atoms with Gasteiger partial charge in [0.2, 0.25) is 5.91 Å². The van der Waals surface area contributed by atoms with Gasteiger partial charge >= 0.3 is 0 Å². The van der Waals surface area contributed by atoms with Crippen LogP contribution < -0.4 is 11.1 Å². The average molecular weight is 282 g/mol. The highest BCUT2D eigenvalue weighted by atomic mass is 19.3. The van der Waals surface area contributed by atoms with Crippen molar-refractivity contribution in [3.63, 3.8) is 0 Å². The molecule has 1 aromatic carbocycles. The van der Waals surface area contributed by atoms with E-state index in [1.807, 2.05) is 0 Å². The predicted octanol–water partition coefficient (Wildman–Crippen LogP) is 2.76. The topological polar surface area (TPSA) is 55.1 Å². The number of halogens is 2. The van der Waals surface area contributed by atoms with E-state index in [9.17, 15) is 13.6 Å². The fourth-order valence-corrected chi connectivity index (χ4v) is 2.61. The van der Waals surface area contributed by atoms with Crippen molar-refractivity contribution in [1.29, 1.82) is 0 Å². The van der Waals surface area contributed by atoms with Crippen molar-refractivity contribution in [1.82, 2.24) is 5.32 Å². The van der Waals surface area contributed by atoms with Gasteiger partial charge in [-0.1, -0.05) is 24.3 Å². The summed E-state index contributed by atoms with van der Waals surface area (Å²) in [5, 5.41) is 2.82. The molecule has 3 N–H and O–H groups in total. The van der Waals surface area contributed by atoms with E-state index in [4.69, 9.17) is 5.73 Å². The number of rotatable bonds is 5. The SMILES string of the molecule is N[C@H]1CC[C@@H](CC(=O)NCc2ccc(C(F)F)cc2)C1. The standard InChI is InChI=1S/C15H20F2N2O/c16-15(17)12-4-1-10(2-5-12)9-19-14(20)8-11-3-6-13(18)7-11/h1-2,4-5,11,13,15H,3,6-9,18H2,(H,19,20)/t11-,13+/m1/s1. The Morgan fingerprint density at radius 1 is 1.30 bits per heavy atom. The zero-order chi connectivity index (χ0) is 14.5. The van der Waals surface area contributed by atoms with E-state index in [1.165, 1.54) is 12.1 Å². The fraction of sp³-hybridized carbons (Fsp3) is 0.533. The summed E-state index contributed by atoms with van der Waals surface area (Å²) >= 11 is 0. The summed E-state index contributed by atoms with van der Waals surface area (Å²) in [5.74, 6) is 0.383. The van der Waals surface area contributed by atoms with Crippen LogP contribution in [-0.2, 0) is 11.3 Å². The van der Waals surface area contributed by atoms with Crippen molar-refractivity contribution in [3.05, 3.63) is 35.4 Å². The zero-order valence-electron chi connectivity index (χ0n) is 11.3. The van der Waals surface area contributed by atoms with Crippen molar-refractivity contribution in [2.75, 3.05) is 0 Å². The first kappa shape index (κ1) is 14.9. The fourth-order valence-electron chi connectivity index (χ4n) is 2.61. The van der Waals surface area contributed by atoms with Gasteiger partial charge in [0.05, 0.1) is 0 Å². The molecule has 0 heterocycles. The lowest BCUT2D eigenvalue weighted by atomic mass is 10.0. The highest BCUT2D eigenvalue weighted by Crippen LogP contribution is 2.26. The monoisotopic (exact) mass is 282 g/mol. The van der Waals surface area contributed by atoms with Crippen LogP contribution in [0.1, 0.15) is 43.2 Å². The van der Waals surface area contributed by atoms with Crippen molar-refractivity contribution >= 4 is 5.91 Å². The first-order chi connectivity index (χ1) is 9.54. The van der Waals surface area contributed by atoms with Gasteiger partial charge in [0.15, 0.2) is 0 Å². The van der Waals surface area contributed by atoms with Crippen LogP contribution in [0.15, 0.2) is 24.3 Å². The van der Waals surface area contributed by atoms with E-state index in [0.717, 1.165) is 24.8 Å². The lowest BCUT2D eigenvalue weighted by Gasteiger charge is -2.10. The van der Waals surface area contributed by atoms with Crippen LogP contribution in [0.3, 0.4) is 0 Å². The summed E-state index contributed by atoms with van der Waals surface area (Å²) in [6.45, 7) is 0.376. The molecule has 0 radical (unpaired) electrons. The van der Waals surface area contributed by atoms with Gasteiger partial charge in [-0.3, -0.25) is 4.79 Å². The van der Waals surface area contributed by atoms with Gasteiger partial charge in [-0.25, -0.2) is 8.78 Å². The second kappa shape index (κ2) is 6.79. The maximum atomic E-state index is 12.4. The highest BCUT2D eigenvalue weighted by molar-refractivity contribution is 5.76. The molecule has 0 aromatic heterocycles. The number of hydrogen-bond acceptors (Lipinski definition) is 2. The summed E-state index contributed by atoms with van der Waals surface area (Å²) in [6.07, 6.45) is 0.967. The Balaban J connectivity index is 1.75. The maximum absolute atomic E-state index is 12.4. The van der Waals surface area contributed by atoms with E-state index in [2.05, 4.69) is 5.32 Å². The Bertz CT molecular complexity index is 448. The quantitative estimate of drug-likeness (QED) is 0.872. The second-order valence-electron chi connectivity index (χ2n) is 5.46. The Kier molecular flexibility index (Phi) is 5.06. The largest absolute Gasteiger partial charge is 0.352 e. The number of amides is 1. The Hall–Kier alpha value is -1.49. The van der Waals surface area contributed by atoms with Crippen molar-refractivity contribution in [2.45, 2.75) is 44.7 Å². The molecule has 0 unspecified atom stereocenters. The molecule has 1 amide bonds. The Morgan fingerprint density at radius 3 is 2.55 bits per heavy atom. The van der Waals surface area contributed by atoms with Gasteiger partial charge in [0.25, 0.3) is 6.43 Å². The molecule has 2 rings (SSSR count). The third-order valence-corrected chi connectivity index (χ3v) is 3.78. The highest BCUT2D eigenvalue weighted by Gasteiger charge is 2.23. The van der Waals surface area contributed by atoms with E-state index in [0.29, 0.717) is 18.9 Å². The minimum atomic E-state index is -2.45. The van der Waals surface area contributed by atoms with Gasteiger partial charge < -0.3 is 11.1 Å². The van der Waals surface area contributed by atoms with Gasteiger partial charge in [-0.15, -0.1) is 0 Å². The number of hydrogen-bond donors (Lipinski definition) is 2. The number of carbonyl (C=O) groups is 1. The van der Waals surface area contributed by atoms with Crippen molar-refractivity contribution in [2.24, 2.45) is 11.7 Å². The van der Waals surface area contributed by atoms with Crippen molar-refractivity contribution in [3.8, 4) is 0 Å². The molecule has 0 saturated heterocycles. The zero-order valence-corrected chi connectivity index (χ0v) is 11.3. The van der Waals surface area contributed by atoms with Gasteiger partial charge in [-0.05, 0) is 30.7 Å². The van der Waals surface area contributed by atoms with Crippen LogP contribution in [0.25, 0.3) is 0 Å². The maximum Gasteiger partial charge on any atom is 0.263 e. The molecular weight excluding hydrogens is 262 g/mol. The normalized spacial score (nSPS) is 22.2. The lowest BCUT2D eigenvalue weighted by Crippen LogP contribution is -2.25. The lowest BCUT2D eigenvalue weighted by molar-refractivity contribution is -0.122. The minimum absolute atomic E-state index is 0.0000183. The van der Waals surface area contributed by atoms with Crippen LogP contribution in [0.2, 0.25) is 0 Å². The van der Waals surface area contributed by atoms with Crippen LogP contribution in [-0.4, -0.2) is 11.9 Å². The van der Waals surface area contributed by atoms with Crippen LogP contribution in [0, 0.1) is 5.92 Å². The first-order valence-corrected chi connectivity index (χ1v) is 6.94. The van der Waals surface area contributed by atoms with E-state index < -0.39 is 6.43 Å². The third-order valence-electron chi connectivity index (χ3n) is 3.78. The summed E-state index contributed by atoms with van der Waals surface area (Å²) in [5.41, 5.74) is 6.64. The molecule has 2 atom stereocenters. The van der Waals surface area contributed by atoms with E-state index >= 15 is 0 Å². The van der Waals surface area contributed by atoms with Crippen LogP contribution in [0.4, 0.5) is 8.78 Å². The molecule has 1 aliphatic carbocycles. The molecule has 0 spiro atoms. The summed E-state index contributed by atoms with van der Waals surface area (Å²) < 4.78 is 24.8. The molecule has 20 heavy (non-hydrogen) atoms. The van der Waals surface area contributed by atoms with Gasteiger partial charge in [0, 0.05) is 24.6 Å². The number of nitrogens with two attached hydrogens (primary N) is 1. The average Bonchev–Trinajstić information content (AvgIpc) is 2.82. The molecule has 0 bridgehead atoms.